The molecule has 0 atom stereocenters. The van der Waals surface area contributed by atoms with Crippen molar-refractivity contribution in [1.82, 2.24) is 0 Å². The highest BCUT2D eigenvalue weighted by molar-refractivity contribution is 9.11. The minimum atomic E-state index is 0.909. The van der Waals surface area contributed by atoms with Crippen molar-refractivity contribution < 1.29 is 0 Å². The second kappa shape index (κ2) is 9.58. The molecule has 5 rings (SSSR count). The van der Waals surface area contributed by atoms with Crippen LogP contribution in [0.15, 0.2) is 90.7 Å². The Morgan fingerprint density at radius 3 is 0.594 bits per heavy atom. The van der Waals surface area contributed by atoms with Gasteiger partial charge >= 0.3 is 0 Å². The van der Waals surface area contributed by atoms with E-state index in [1.54, 1.807) is 0 Å². The predicted molar refractivity (Wildman–Crippen MR) is 148 cm³/mol. The lowest BCUT2D eigenvalue weighted by Crippen LogP contribution is -1.99. The first kappa shape index (κ1) is 22.6. The summed E-state index contributed by atoms with van der Waals surface area (Å²) in [5.74, 6) is 0. The molecule has 0 amide bonds. The minimum absolute atomic E-state index is 0.909. The zero-order chi connectivity index (χ0) is 22.2. The van der Waals surface area contributed by atoms with Gasteiger partial charge in [0.25, 0.3) is 0 Å². The van der Waals surface area contributed by atoms with Crippen molar-refractivity contribution in [2.45, 2.75) is 25.7 Å². The fourth-order valence-corrected chi connectivity index (χ4v) is 6.98. The SMILES string of the molecule is Brc1cc2cc(c1)Cc1cc(Br)cc(c1)Cc1cc(Br)cc(c1)Cc1cc(Br)cc(c1)C2. The second-order valence-electron chi connectivity index (χ2n) is 8.58. The quantitative estimate of drug-likeness (QED) is 0.153. The molecule has 0 fully saturated rings. The van der Waals surface area contributed by atoms with Crippen LogP contribution in [0.1, 0.15) is 44.5 Å². The van der Waals surface area contributed by atoms with Gasteiger partial charge in [0.2, 0.25) is 0 Å². The Balaban J connectivity index is 1.66. The summed E-state index contributed by atoms with van der Waals surface area (Å²) in [5, 5.41) is 0. The van der Waals surface area contributed by atoms with Crippen LogP contribution in [0, 0.1) is 0 Å². The van der Waals surface area contributed by atoms with Crippen LogP contribution in [0.2, 0.25) is 0 Å². The number of hydrogen-bond donors (Lipinski definition) is 0. The first-order valence-electron chi connectivity index (χ1n) is 10.5. The van der Waals surface area contributed by atoms with E-state index in [1.165, 1.54) is 44.5 Å². The van der Waals surface area contributed by atoms with E-state index in [9.17, 15) is 0 Å². The van der Waals surface area contributed by atoms with Crippen LogP contribution in [-0.4, -0.2) is 0 Å². The number of rotatable bonds is 0. The maximum Gasteiger partial charge on any atom is 0.0180 e. The summed E-state index contributed by atoms with van der Waals surface area (Å²) in [6.45, 7) is 0. The van der Waals surface area contributed by atoms with Gasteiger partial charge in [-0.05, 0) is 119 Å². The molecule has 1 aliphatic rings. The molecule has 4 heteroatoms. The van der Waals surface area contributed by atoms with Gasteiger partial charge in [-0.25, -0.2) is 0 Å². The van der Waals surface area contributed by atoms with Crippen molar-refractivity contribution in [2.24, 2.45) is 0 Å². The molecule has 0 saturated carbocycles. The lowest BCUT2D eigenvalue weighted by atomic mass is 9.94. The Morgan fingerprint density at radius 1 is 0.281 bits per heavy atom. The molecule has 0 aromatic heterocycles. The standard InChI is InChI=1S/C28H20Br4/c29-25-9-17-1-18(10-25)6-20-3-22(14-27(31)12-20)8-24-4-23(15-28(32)16-24)7-21-2-19(5-17)11-26(30)13-21/h1-4,9-16H,5-8H2. The van der Waals surface area contributed by atoms with Crippen LogP contribution in [-0.2, 0) is 25.7 Å². The molecule has 32 heavy (non-hydrogen) atoms. The van der Waals surface area contributed by atoms with Crippen LogP contribution in [0.25, 0.3) is 0 Å². The Bertz CT molecular complexity index is 1040. The smallest absolute Gasteiger partial charge is 0.0180 e. The zero-order valence-corrected chi connectivity index (χ0v) is 23.6. The van der Waals surface area contributed by atoms with Crippen molar-refractivity contribution >= 4 is 63.7 Å². The van der Waals surface area contributed by atoms with Gasteiger partial charge in [0, 0.05) is 17.9 Å². The van der Waals surface area contributed by atoms with E-state index < -0.39 is 0 Å². The molecule has 0 unspecified atom stereocenters. The van der Waals surface area contributed by atoms with Crippen LogP contribution in [0.5, 0.6) is 0 Å². The van der Waals surface area contributed by atoms with Crippen LogP contribution < -0.4 is 0 Å². The summed E-state index contributed by atoms with van der Waals surface area (Å²) in [7, 11) is 0. The summed E-state index contributed by atoms with van der Waals surface area (Å²) < 4.78 is 4.54. The molecule has 0 heterocycles. The maximum atomic E-state index is 3.74. The number of fused-ring (bicyclic) bond motifs is 8. The summed E-state index contributed by atoms with van der Waals surface area (Å²) >= 11 is 15.0. The van der Waals surface area contributed by atoms with E-state index in [2.05, 4.69) is 137 Å². The third-order valence-electron chi connectivity index (χ3n) is 5.70. The maximum absolute atomic E-state index is 3.74. The molecule has 4 aromatic rings. The van der Waals surface area contributed by atoms with Gasteiger partial charge in [-0.15, -0.1) is 0 Å². The Labute approximate surface area is 223 Å². The molecule has 1 aliphatic carbocycles. The largest absolute Gasteiger partial charge is 0.0551 e. The topological polar surface area (TPSA) is 0 Å². The minimum Gasteiger partial charge on any atom is -0.0551 e. The average molecular weight is 676 g/mol. The molecule has 160 valence electrons. The van der Waals surface area contributed by atoms with Gasteiger partial charge < -0.3 is 0 Å². The highest BCUT2D eigenvalue weighted by Crippen LogP contribution is 2.28. The Hall–Kier alpha value is -1.20. The zero-order valence-electron chi connectivity index (χ0n) is 17.3. The lowest BCUT2D eigenvalue weighted by molar-refractivity contribution is 1.08. The molecular formula is C28H20Br4. The van der Waals surface area contributed by atoms with E-state index in [4.69, 9.17) is 0 Å². The molecule has 0 N–H and O–H groups in total. The first-order chi connectivity index (χ1) is 15.4. The van der Waals surface area contributed by atoms with Gasteiger partial charge in [0.15, 0.2) is 0 Å². The number of halogens is 4. The van der Waals surface area contributed by atoms with Crippen LogP contribution in [0.3, 0.4) is 0 Å². The van der Waals surface area contributed by atoms with Crippen LogP contribution >= 0.6 is 63.7 Å². The van der Waals surface area contributed by atoms with Gasteiger partial charge in [-0.2, -0.15) is 0 Å². The van der Waals surface area contributed by atoms with E-state index in [1.807, 2.05) is 0 Å². The third-order valence-corrected chi connectivity index (χ3v) is 7.53. The van der Waals surface area contributed by atoms with Gasteiger partial charge in [0.05, 0.1) is 0 Å². The molecule has 0 nitrogen and oxygen atoms in total. The van der Waals surface area contributed by atoms with Crippen molar-refractivity contribution in [3.63, 3.8) is 0 Å². The normalized spacial score (nSPS) is 13.1. The van der Waals surface area contributed by atoms with E-state index >= 15 is 0 Å². The van der Waals surface area contributed by atoms with Crippen molar-refractivity contribution in [1.29, 1.82) is 0 Å². The molecule has 4 aromatic carbocycles. The van der Waals surface area contributed by atoms with E-state index in [0.717, 1.165) is 43.6 Å². The summed E-state index contributed by atoms with van der Waals surface area (Å²) in [6.07, 6.45) is 3.64. The van der Waals surface area contributed by atoms with Crippen molar-refractivity contribution in [3.8, 4) is 0 Å². The Morgan fingerprint density at radius 2 is 0.438 bits per heavy atom. The fraction of sp³-hybridized carbons (Fsp3) is 0.143. The molecule has 0 spiro atoms. The van der Waals surface area contributed by atoms with E-state index in [-0.39, 0.29) is 0 Å². The fourth-order valence-electron chi connectivity index (χ4n) is 4.63. The molecule has 0 aliphatic heterocycles. The molecule has 0 radical (unpaired) electrons. The second-order valence-corrected chi connectivity index (χ2v) is 12.2. The highest BCUT2D eigenvalue weighted by atomic mass is 79.9. The van der Waals surface area contributed by atoms with Crippen molar-refractivity contribution in [2.75, 3.05) is 0 Å². The predicted octanol–water partition coefficient (Wildman–Crippen LogP) is 9.41. The molecular weight excluding hydrogens is 656 g/mol. The molecule has 0 saturated heterocycles. The molecule has 8 bridgehead atoms. The lowest BCUT2D eigenvalue weighted by Gasteiger charge is -2.13. The monoisotopic (exact) mass is 672 g/mol. The van der Waals surface area contributed by atoms with Gasteiger partial charge in [-0.1, -0.05) is 88.0 Å². The average Bonchev–Trinajstić information content (AvgIpc) is 2.65. The van der Waals surface area contributed by atoms with E-state index in [0.29, 0.717) is 0 Å². The number of benzene rings is 4. The van der Waals surface area contributed by atoms with Crippen LogP contribution in [0.4, 0.5) is 0 Å². The Kier molecular flexibility index (Phi) is 6.76. The van der Waals surface area contributed by atoms with Gasteiger partial charge in [0.1, 0.15) is 0 Å². The first-order valence-corrected chi connectivity index (χ1v) is 13.7. The highest BCUT2D eigenvalue weighted by Gasteiger charge is 2.10. The summed E-state index contributed by atoms with van der Waals surface area (Å²) in [6, 6.07) is 27.3. The third kappa shape index (κ3) is 5.64. The summed E-state index contributed by atoms with van der Waals surface area (Å²) in [4.78, 5) is 0. The van der Waals surface area contributed by atoms with Gasteiger partial charge in [-0.3, -0.25) is 0 Å². The van der Waals surface area contributed by atoms with Crippen molar-refractivity contribution in [3.05, 3.63) is 135 Å². The number of hydrogen-bond acceptors (Lipinski definition) is 0. The summed E-state index contributed by atoms with van der Waals surface area (Å²) in [5.41, 5.74) is 10.6.